The molecule has 2 N–H and O–H groups in total. The second kappa shape index (κ2) is 14.2. The van der Waals surface area contributed by atoms with Crippen LogP contribution in [0.15, 0.2) is 101 Å². The number of benzene rings is 4. The normalized spacial score (nSPS) is 11.3. The number of nitrogens with one attached hydrogen (secondary N) is 2. The second-order valence-corrected chi connectivity index (χ2v) is 12.2. The van der Waals surface area contributed by atoms with Gasteiger partial charge in [-0.15, -0.1) is 0 Å². The second-order valence-electron chi connectivity index (χ2n) is 9.46. The summed E-state index contributed by atoms with van der Waals surface area (Å²) in [5.74, 6) is -0.546. The highest BCUT2D eigenvalue weighted by Crippen LogP contribution is 2.29. The van der Waals surface area contributed by atoms with Gasteiger partial charge in [-0.3, -0.25) is 13.9 Å². The van der Waals surface area contributed by atoms with Crippen LogP contribution in [-0.4, -0.2) is 39.6 Å². The first-order valence-electron chi connectivity index (χ1n) is 13.0. The third kappa shape index (κ3) is 8.81. The Morgan fingerprint density at radius 2 is 1.58 bits per heavy atom. The molecule has 12 heteroatoms. The van der Waals surface area contributed by atoms with Gasteiger partial charge in [-0.2, -0.15) is 5.10 Å². The summed E-state index contributed by atoms with van der Waals surface area (Å²) in [6.45, 7) is 2.85. The van der Waals surface area contributed by atoms with E-state index in [1.807, 2.05) is 6.92 Å². The van der Waals surface area contributed by atoms with Crippen LogP contribution in [0.4, 0.5) is 11.4 Å². The third-order valence-electron chi connectivity index (χ3n) is 6.10. The van der Waals surface area contributed by atoms with Crippen molar-refractivity contribution < 1.29 is 22.7 Å². The van der Waals surface area contributed by atoms with Gasteiger partial charge in [-0.05, 0) is 91.7 Å². The van der Waals surface area contributed by atoms with Crippen molar-refractivity contribution in [1.29, 1.82) is 0 Å². The Hall–Kier alpha value is -4.38. The molecule has 0 atom stereocenters. The number of hydrogen-bond donors (Lipinski definition) is 2. The zero-order valence-corrected chi connectivity index (χ0v) is 25.6. The molecule has 2 amide bonds. The van der Waals surface area contributed by atoms with E-state index < -0.39 is 22.5 Å². The van der Waals surface area contributed by atoms with Crippen molar-refractivity contribution in [2.45, 2.75) is 18.7 Å². The molecular formula is C31H28Cl2N4O5S. The molecule has 0 radical (unpaired) electrons. The number of amides is 2. The Morgan fingerprint density at radius 3 is 2.28 bits per heavy atom. The summed E-state index contributed by atoms with van der Waals surface area (Å²) in [4.78, 5) is 25.0. The van der Waals surface area contributed by atoms with Crippen molar-refractivity contribution >= 4 is 62.6 Å². The summed E-state index contributed by atoms with van der Waals surface area (Å²) >= 11 is 12.1. The Balaban J connectivity index is 1.38. The number of ether oxygens (including phenoxy) is 1. The number of aryl methyl sites for hydroxylation is 2. The van der Waals surface area contributed by atoms with Gasteiger partial charge in [0.25, 0.3) is 21.8 Å². The molecule has 222 valence electrons. The molecule has 4 aromatic carbocycles. The predicted octanol–water partition coefficient (Wildman–Crippen LogP) is 5.97. The van der Waals surface area contributed by atoms with Crippen molar-refractivity contribution in [3.8, 4) is 5.75 Å². The van der Waals surface area contributed by atoms with E-state index in [0.29, 0.717) is 32.6 Å². The number of hydrogen-bond acceptors (Lipinski definition) is 6. The molecular weight excluding hydrogens is 611 g/mol. The molecule has 0 saturated heterocycles. The number of hydrazone groups is 1. The highest BCUT2D eigenvalue weighted by Gasteiger charge is 2.28. The quantitative estimate of drug-likeness (QED) is 0.155. The van der Waals surface area contributed by atoms with Crippen LogP contribution in [0.25, 0.3) is 0 Å². The fourth-order valence-corrected chi connectivity index (χ4v) is 5.73. The van der Waals surface area contributed by atoms with Crippen LogP contribution in [0.2, 0.25) is 10.0 Å². The topological polar surface area (TPSA) is 117 Å². The van der Waals surface area contributed by atoms with Gasteiger partial charge in [-0.25, -0.2) is 13.8 Å². The molecule has 43 heavy (non-hydrogen) atoms. The van der Waals surface area contributed by atoms with Crippen molar-refractivity contribution in [3.05, 3.63) is 118 Å². The van der Waals surface area contributed by atoms with Crippen LogP contribution < -0.4 is 19.8 Å². The lowest BCUT2D eigenvalue weighted by molar-refractivity contribution is -0.119. The van der Waals surface area contributed by atoms with Crippen LogP contribution in [0.1, 0.15) is 16.7 Å². The van der Waals surface area contributed by atoms with E-state index in [1.165, 1.54) is 24.4 Å². The predicted molar refractivity (Wildman–Crippen MR) is 170 cm³/mol. The van der Waals surface area contributed by atoms with Gasteiger partial charge >= 0.3 is 0 Å². The molecule has 0 bridgehead atoms. The number of anilines is 2. The fraction of sp³-hybridized carbons (Fsp3) is 0.129. The molecule has 9 nitrogen and oxygen atoms in total. The first-order valence-corrected chi connectivity index (χ1v) is 15.2. The van der Waals surface area contributed by atoms with Crippen LogP contribution in [0.3, 0.4) is 0 Å². The minimum Gasteiger partial charge on any atom is -0.484 e. The average Bonchev–Trinajstić information content (AvgIpc) is 2.97. The van der Waals surface area contributed by atoms with E-state index in [2.05, 4.69) is 15.8 Å². The molecule has 0 aliphatic rings. The fourth-order valence-electron chi connectivity index (χ4n) is 3.90. The van der Waals surface area contributed by atoms with Gasteiger partial charge < -0.3 is 10.1 Å². The minimum atomic E-state index is -4.10. The molecule has 0 spiro atoms. The van der Waals surface area contributed by atoms with E-state index in [0.717, 1.165) is 9.87 Å². The molecule has 0 aliphatic carbocycles. The zero-order chi connectivity index (χ0) is 31.0. The Kier molecular flexibility index (Phi) is 10.4. The summed E-state index contributed by atoms with van der Waals surface area (Å²) < 4.78 is 33.7. The lowest BCUT2D eigenvalue weighted by Gasteiger charge is -2.25. The first-order chi connectivity index (χ1) is 20.5. The van der Waals surface area contributed by atoms with Gasteiger partial charge in [0.05, 0.1) is 16.8 Å². The molecule has 4 rings (SSSR count). The van der Waals surface area contributed by atoms with Gasteiger partial charge in [0, 0.05) is 15.7 Å². The molecule has 4 aromatic rings. The monoisotopic (exact) mass is 638 g/mol. The molecule has 0 saturated carbocycles. The van der Waals surface area contributed by atoms with Crippen LogP contribution in [0.5, 0.6) is 5.75 Å². The number of carbonyl (C=O) groups is 2. The Labute approximate surface area is 260 Å². The maximum Gasteiger partial charge on any atom is 0.264 e. The van der Waals surface area contributed by atoms with E-state index >= 15 is 0 Å². The number of carbonyl (C=O) groups excluding carboxylic acids is 2. The summed E-state index contributed by atoms with van der Waals surface area (Å²) in [6.07, 6.45) is 1.40. The lowest BCUT2D eigenvalue weighted by atomic mass is 10.2. The van der Waals surface area contributed by atoms with E-state index in [4.69, 9.17) is 27.9 Å². The third-order valence-corrected chi connectivity index (χ3v) is 8.34. The van der Waals surface area contributed by atoms with Crippen molar-refractivity contribution in [2.24, 2.45) is 5.10 Å². The van der Waals surface area contributed by atoms with Gasteiger partial charge in [0.1, 0.15) is 12.3 Å². The molecule has 0 unspecified atom stereocenters. The largest absolute Gasteiger partial charge is 0.484 e. The first kappa shape index (κ1) is 31.6. The molecule has 0 aliphatic heterocycles. The number of nitrogens with zero attached hydrogens (tertiary/aromatic N) is 2. The minimum absolute atomic E-state index is 0.0398. The lowest BCUT2D eigenvalue weighted by Crippen LogP contribution is -2.40. The van der Waals surface area contributed by atoms with E-state index in [9.17, 15) is 18.0 Å². The van der Waals surface area contributed by atoms with Gasteiger partial charge in [0.15, 0.2) is 6.61 Å². The average molecular weight is 640 g/mol. The smallest absolute Gasteiger partial charge is 0.264 e. The van der Waals surface area contributed by atoms with Gasteiger partial charge in [0.2, 0.25) is 0 Å². The van der Waals surface area contributed by atoms with Crippen molar-refractivity contribution in [3.63, 3.8) is 0 Å². The van der Waals surface area contributed by atoms with E-state index in [-0.39, 0.29) is 23.1 Å². The SMILES string of the molecule is Cc1ccc(S(=O)(=O)N(CC(=O)N/N=C\c2ccc(OCC(=O)Nc3cccc(Cl)c3)cc2)c2cc(Cl)ccc2C)cc1. The number of halogens is 2. The summed E-state index contributed by atoms with van der Waals surface area (Å²) in [7, 11) is -4.10. The number of rotatable bonds is 11. The highest BCUT2D eigenvalue weighted by atomic mass is 35.5. The maximum absolute atomic E-state index is 13.6. The highest BCUT2D eigenvalue weighted by molar-refractivity contribution is 7.92. The summed E-state index contributed by atoms with van der Waals surface area (Å²) in [5, 5.41) is 7.50. The van der Waals surface area contributed by atoms with Crippen LogP contribution >= 0.6 is 23.2 Å². The standard InChI is InChI=1S/C31H28Cl2N4O5S/c1-21-6-14-28(15-7-21)43(40,41)37(29-17-25(33)11-8-22(29)2)19-30(38)36-34-18-23-9-12-27(13-10-23)42-20-31(39)35-26-5-3-4-24(32)16-26/h3-18H,19-20H2,1-2H3,(H,35,39)(H,36,38)/b34-18-. The van der Waals surface area contributed by atoms with Crippen molar-refractivity contribution in [1.82, 2.24) is 5.43 Å². The Morgan fingerprint density at radius 1 is 0.884 bits per heavy atom. The molecule has 0 heterocycles. The van der Waals surface area contributed by atoms with Gasteiger partial charge in [-0.1, -0.05) is 53.0 Å². The number of sulfonamides is 1. The van der Waals surface area contributed by atoms with Crippen LogP contribution in [0, 0.1) is 13.8 Å². The zero-order valence-electron chi connectivity index (χ0n) is 23.3. The summed E-state index contributed by atoms with van der Waals surface area (Å²) in [6, 6.07) is 24.6. The molecule has 0 fully saturated rings. The van der Waals surface area contributed by atoms with Crippen molar-refractivity contribution in [2.75, 3.05) is 22.8 Å². The maximum atomic E-state index is 13.6. The molecule has 0 aromatic heterocycles. The summed E-state index contributed by atoms with van der Waals surface area (Å²) in [5.41, 5.74) is 5.38. The van der Waals surface area contributed by atoms with E-state index in [1.54, 1.807) is 79.7 Å². The Bertz CT molecular complexity index is 1750. The van der Waals surface area contributed by atoms with Crippen LogP contribution in [-0.2, 0) is 19.6 Å².